The van der Waals surface area contributed by atoms with Gasteiger partial charge >= 0.3 is 0 Å². The molecule has 2 aromatic rings. The van der Waals surface area contributed by atoms with E-state index in [4.69, 9.17) is 10.5 Å². The van der Waals surface area contributed by atoms with Gasteiger partial charge in [-0.25, -0.2) is 0 Å². The van der Waals surface area contributed by atoms with Crippen molar-refractivity contribution in [3.05, 3.63) is 23.8 Å². The number of amides is 9. The second-order valence-electron chi connectivity index (χ2n) is 22.5. The van der Waals surface area contributed by atoms with Crippen molar-refractivity contribution in [3.63, 3.8) is 0 Å². The number of hydrogen-bond acceptors (Lipinski definition) is 17. The second-order valence-corrected chi connectivity index (χ2v) is 26.0. The Balaban J connectivity index is 1.39. The number of H-pyrrole nitrogens is 1. The molecule has 28 heteroatoms. The maximum Gasteiger partial charge on any atom is 0.246 e. The summed E-state index contributed by atoms with van der Waals surface area (Å²) < 4.78 is 21.0. The molecule has 4 heterocycles. The lowest BCUT2D eigenvalue weighted by Crippen LogP contribution is -2.62. The van der Waals surface area contributed by atoms with Crippen molar-refractivity contribution in [1.29, 1.82) is 0 Å². The number of aromatic nitrogens is 1. The van der Waals surface area contributed by atoms with E-state index in [0.717, 1.165) is 17.7 Å². The van der Waals surface area contributed by atoms with Gasteiger partial charge in [0.25, 0.3) is 0 Å². The molecule has 6 rings (SSSR count). The van der Waals surface area contributed by atoms with Crippen LogP contribution < -0.4 is 47.7 Å². The van der Waals surface area contributed by atoms with Crippen LogP contribution in [0.25, 0.3) is 10.9 Å². The maximum absolute atomic E-state index is 15.0. The van der Waals surface area contributed by atoms with Crippen LogP contribution in [0.2, 0.25) is 0 Å². The zero-order valence-electron chi connectivity index (χ0n) is 47.0. The van der Waals surface area contributed by atoms with Crippen molar-refractivity contribution in [2.75, 3.05) is 38.6 Å². The van der Waals surface area contributed by atoms with E-state index in [2.05, 4.69) is 42.2 Å². The highest BCUT2D eigenvalue weighted by atomic mass is 32.2. The summed E-state index contributed by atoms with van der Waals surface area (Å²) in [6, 6.07) is -5.28. The van der Waals surface area contributed by atoms with E-state index in [1.165, 1.54) is 18.7 Å². The molecule has 1 saturated heterocycles. The van der Waals surface area contributed by atoms with Gasteiger partial charge in [0.05, 0.1) is 78.2 Å². The van der Waals surface area contributed by atoms with Crippen LogP contribution in [0.3, 0.4) is 0 Å². The van der Waals surface area contributed by atoms with Crippen LogP contribution in [0.5, 0.6) is 5.75 Å². The molecule has 2 fully saturated rings. The summed E-state index contributed by atoms with van der Waals surface area (Å²) in [6.07, 6.45) is -1.00. The third kappa shape index (κ3) is 16.8. The standard InChI is InChI=1S/C54H78N10O16S2/c1-7-26(2)44-50(76)57-21-42(70)58-36-25-82(79)52-32(30-14-13-29(17-33(30)61-52)80-15-11-9-8-10-12-31-38(67)20-40(46(31)72)81-54(4,5)6)18-34(47(73)56-22-43(71)62-44)59-51(77)45(27(3)39(68)24-65)63-49(75)37-16-28(66)23-64(37)53(78)35(19-41(55)69)60-48(36)74/h13-14,17,26-28,31,34-37,39-40,44-45,61,65-66,68H,7-12,15-16,18-25H2,1-6H3,(H2,55,69)(H,56,73)(H,57,76)(H,58,70)(H,59,77)(H,60,74)(H,62,71)(H,63,75)/t26-,27-,28+,31?,34-,35-,36-,37-,39-,40?,44-,45-,82?/m0/s1. The smallest absolute Gasteiger partial charge is 0.246 e. The molecule has 1 aliphatic carbocycles. The molecule has 1 aromatic carbocycles. The van der Waals surface area contributed by atoms with Gasteiger partial charge in [0.2, 0.25) is 53.2 Å². The third-order valence-corrected chi connectivity index (χ3v) is 17.9. The molecule has 26 nitrogen and oxygen atoms in total. The average molecular weight is 1190 g/mol. The number of unbranched alkanes of at least 4 members (excludes halogenated alkanes) is 3. The monoisotopic (exact) mass is 1190 g/mol. The normalized spacial score (nSPS) is 27.9. The minimum Gasteiger partial charge on any atom is -0.494 e. The van der Waals surface area contributed by atoms with Gasteiger partial charge in [0.15, 0.2) is 5.78 Å². The van der Waals surface area contributed by atoms with Gasteiger partial charge in [0.1, 0.15) is 52.8 Å². The van der Waals surface area contributed by atoms with E-state index >= 15 is 4.21 Å². The number of primary amides is 1. The summed E-state index contributed by atoms with van der Waals surface area (Å²) >= 11 is 1.52. The summed E-state index contributed by atoms with van der Waals surface area (Å²) in [5.74, 6) is -12.1. The van der Waals surface area contributed by atoms with Crippen molar-refractivity contribution in [2.24, 2.45) is 23.5 Å². The summed E-state index contributed by atoms with van der Waals surface area (Å²) in [6.45, 7) is 8.04. The van der Waals surface area contributed by atoms with Crippen molar-refractivity contribution < 1.29 is 77.0 Å². The SMILES string of the molecule is CC[C@H](C)[C@@H]1NC(=O)CNC(=O)[C@@H]2Cc3c([nH]c4cc(OCCCCCCC5C(=O)CC(SC(C)(C)C)C5=O)ccc34)S(=O)C[C@H](NC(=O)CNC1=O)C(=O)N[C@@H](CC(N)=O)C(=O)N1C[C@H](O)C[C@H]1C(=O)N[C@@H]([C@@H](C)[C@@H](O)CO)C(=O)N2. The Morgan fingerprint density at radius 2 is 1.52 bits per heavy atom. The Bertz CT molecular complexity index is 2790. The number of ether oxygens (including phenoxy) is 1. The predicted octanol–water partition coefficient (Wildman–Crippen LogP) is -2.24. The first-order valence-electron chi connectivity index (χ1n) is 27.7. The average Bonchev–Trinajstić information content (AvgIpc) is 4.08. The molecule has 4 aliphatic rings. The highest BCUT2D eigenvalue weighted by Crippen LogP contribution is 2.38. The van der Waals surface area contributed by atoms with Gasteiger partial charge in [-0.05, 0) is 36.5 Å². The molecule has 3 unspecified atom stereocenters. The van der Waals surface area contributed by atoms with Gasteiger partial charge in [-0.3, -0.25) is 56.9 Å². The van der Waals surface area contributed by atoms with Crippen LogP contribution in [-0.2, 0) is 70.0 Å². The van der Waals surface area contributed by atoms with E-state index in [1.807, 2.05) is 20.8 Å². The first kappa shape index (κ1) is 64.7. The quantitative estimate of drug-likeness (QED) is 0.0625. The Morgan fingerprint density at radius 3 is 2.20 bits per heavy atom. The lowest BCUT2D eigenvalue weighted by atomic mass is 9.93. The first-order valence-corrected chi connectivity index (χ1v) is 29.9. The molecule has 13 atom stereocenters. The number of aliphatic hydroxyl groups is 3. The summed E-state index contributed by atoms with van der Waals surface area (Å²) in [5, 5.41) is 49.0. The van der Waals surface area contributed by atoms with E-state index in [1.54, 1.807) is 32.0 Å². The molecule has 0 spiro atoms. The number of aromatic amines is 1. The second kappa shape index (κ2) is 28.7. The lowest BCUT2D eigenvalue weighted by molar-refractivity contribution is -0.144. The molecule has 13 N–H and O–H groups in total. The number of fused-ring (bicyclic) bond motifs is 5. The molecular formula is C54H78N10O16S2. The maximum atomic E-state index is 15.0. The largest absolute Gasteiger partial charge is 0.494 e. The van der Waals surface area contributed by atoms with Crippen LogP contribution in [0.1, 0.15) is 105 Å². The molecule has 452 valence electrons. The molecule has 2 bridgehead atoms. The highest BCUT2D eigenvalue weighted by molar-refractivity contribution is 8.02. The van der Waals surface area contributed by atoms with Crippen molar-refractivity contribution in [2.45, 2.75) is 169 Å². The third-order valence-electron chi connectivity index (χ3n) is 15.1. The first-order chi connectivity index (χ1) is 38.7. The minimum absolute atomic E-state index is 0.00388. The van der Waals surface area contributed by atoms with Crippen molar-refractivity contribution in [3.8, 4) is 5.75 Å². The molecule has 3 aliphatic heterocycles. The number of nitrogens with one attached hydrogen (secondary N) is 8. The van der Waals surface area contributed by atoms with Gasteiger partial charge in [-0.15, -0.1) is 11.8 Å². The molecular weight excluding hydrogens is 1110 g/mol. The highest BCUT2D eigenvalue weighted by Gasteiger charge is 2.46. The fraction of sp³-hybridized carbons (Fsp3) is 0.648. The number of nitrogens with two attached hydrogens (primary N) is 1. The number of Topliss-reactive ketones (excluding diaryl/α,β-unsaturated/α-hetero) is 2. The molecule has 82 heavy (non-hydrogen) atoms. The molecule has 1 aromatic heterocycles. The molecule has 1 saturated carbocycles. The number of aliphatic hydroxyl groups excluding tert-OH is 3. The number of carbonyl (C=O) groups is 11. The number of nitrogens with zero attached hydrogens (tertiary/aromatic N) is 1. The summed E-state index contributed by atoms with van der Waals surface area (Å²) in [4.78, 5) is 156. The number of hydrogen-bond donors (Lipinski definition) is 12. The number of benzene rings is 1. The number of carbonyl (C=O) groups excluding carboxylic acids is 11. The van der Waals surface area contributed by atoms with E-state index in [0.29, 0.717) is 36.8 Å². The molecule has 9 amide bonds. The van der Waals surface area contributed by atoms with E-state index in [-0.39, 0.29) is 50.7 Å². The fourth-order valence-corrected chi connectivity index (χ4v) is 13.2. The summed E-state index contributed by atoms with van der Waals surface area (Å²) in [7, 11) is -2.41. The Morgan fingerprint density at radius 1 is 0.841 bits per heavy atom. The zero-order valence-corrected chi connectivity index (χ0v) is 48.6. The number of ketones is 2. The molecule has 0 radical (unpaired) electrons. The Kier molecular flexibility index (Phi) is 22.6. The van der Waals surface area contributed by atoms with Crippen LogP contribution in [0, 0.1) is 17.8 Å². The predicted molar refractivity (Wildman–Crippen MR) is 298 cm³/mol. The summed E-state index contributed by atoms with van der Waals surface area (Å²) in [5.41, 5.74) is 5.97. The zero-order chi connectivity index (χ0) is 60.3. The lowest BCUT2D eigenvalue weighted by Gasteiger charge is -2.32. The van der Waals surface area contributed by atoms with Crippen LogP contribution in [0.4, 0.5) is 0 Å². The van der Waals surface area contributed by atoms with Gasteiger partial charge in [-0.1, -0.05) is 67.2 Å². The number of thioether (sulfide) groups is 1. The van der Waals surface area contributed by atoms with Gasteiger partial charge in [0, 0.05) is 47.9 Å². The van der Waals surface area contributed by atoms with Crippen LogP contribution >= 0.6 is 11.8 Å². The van der Waals surface area contributed by atoms with Crippen LogP contribution in [-0.4, -0.2) is 191 Å². The topological polar surface area (TPSA) is 404 Å². The van der Waals surface area contributed by atoms with E-state index < -0.39 is 181 Å². The Hall–Kier alpha value is -6.49. The fourth-order valence-electron chi connectivity index (χ4n) is 10.4. The van der Waals surface area contributed by atoms with E-state index in [9.17, 15) is 68.1 Å². The Labute approximate surface area is 481 Å². The van der Waals surface area contributed by atoms with Gasteiger partial charge < -0.3 is 72.9 Å². The number of rotatable bonds is 16. The van der Waals surface area contributed by atoms with Crippen LogP contribution in [0.15, 0.2) is 23.2 Å². The van der Waals surface area contributed by atoms with Crippen molar-refractivity contribution >= 4 is 98.2 Å². The minimum atomic E-state index is -2.41. The van der Waals surface area contributed by atoms with Crippen molar-refractivity contribution in [1.82, 2.24) is 47.1 Å². The van der Waals surface area contributed by atoms with Gasteiger partial charge in [-0.2, -0.15) is 0 Å².